The van der Waals surface area contributed by atoms with Gasteiger partial charge in [0, 0.05) is 22.9 Å². The van der Waals surface area contributed by atoms with Crippen molar-refractivity contribution in [3.05, 3.63) is 53.1 Å². The van der Waals surface area contributed by atoms with Gasteiger partial charge in [-0.3, -0.25) is 4.99 Å². The van der Waals surface area contributed by atoms with Crippen molar-refractivity contribution in [2.45, 2.75) is 0 Å². The number of nitrogens with zero attached hydrogens (tertiary/aromatic N) is 1. The molecular formula is C15H14ClNO2. The van der Waals surface area contributed by atoms with Crippen molar-refractivity contribution in [1.82, 2.24) is 0 Å². The quantitative estimate of drug-likeness (QED) is 0.786. The molecule has 98 valence electrons. The Kier molecular flexibility index (Phi) is 4.42. The van der Waals surface area contributed by atoms with Crippen LogP contribution in [0.15, 0.2) is 47.5 Å². The monoisotopic (exact) mass is 275 g/mol. The van der Waals surface area contributed by atoms with Crippen LogP contribution in [0, 0.1) is 0 Å². The fraction of sp³-hybridized carbons (Fsp3) is 0.133. The minimum atomic E-state index is 0.695. The first-order valence-electron chi connectivity index (χ1n) is 5.74. The van der Waals surface area contributed by atoms with Crippen LogP contribution < -0.4 is 9.47 Å². The normalized spacial score (nSPS) is 10.7. The third kappa shape index (κ3) is 3.48. The Morgan fingerprint density at radius 3 is 2.37 bits per heavy atom. The number of hydrogen-bond acceptors (Lipinski definition) is 3. The van der Waals surface area contributed by atoms with Gasteiger partial charge in [-0.05, 0) is 36.4 Å². The fourth-order valence-corrected chi connectivity index (χ4v) is 1.72. The molecule has 19 heavy (non-hydrogen) atoms. The Balaban J connectivity index is 2.25. The van der Waals surface area contributed by atoms with Crippen molar-refractivity contribution in [3.63, 3.8) is 0 Å². The fourth-order valence-electron chi connectivity index (χ4n) is 1.60. The minimum absolute atomic E-state index is 0.695. The molecule has 0 heterocycles. The van der Waals surface area contributed by atoms with Gasteiger partial charge in [-0.2, -0.15) is 0 Å². The first-order chi connectivity index (χ1) is 9.22. The number of methoxy groups -OCH3 is 2. The number of halogens is 1. The van der Waals surface area contributed by atoms with Gasteiger partial charge in [-0.15, -0.1) is 0 Å². The Hall–Kier alpha value is -2.00. The van der Waals surface area contributed by atoms with Crippen molar-refractivity contribution in [1.29, 1.82) is 0 Å². The van der Waals surface area contributed by atoms with Crippen molar-refractivity contribution in [2.75, 3.05) is 14.2 Å². The second-order valence-electron chi connectivity index (χ2n) is 3.84. The topological polar surface area (TPSA) is 30.8 Å². The molecule has 0 spiro atoms. The number of ether oxygens (including phenoxy) is 2. The van der Waals surface area contributed by atoms with E-state index in [2.05, 4.69) is 4.99 Å². The molecule has 0 atom stereocenters. The third-order valence-corrected chi connectivity index (χ3v) is 2.87. The lowest BCUT2D eigenvalue weighted by atomic mass is 10.2. The molecule has 4 heteroatoms. The highest BCUT2D eigenvalue weighted by Gasteiger charge is 2.02. The molecule has 2 rings (SSSR count). The van der Waals surface area contributed by atoms with Crippen LogP contribution in [0.1, 0.15) is 5.56 Å². The summed E-state index contributed by atoms with van der Waals surface area (Å²) < 4.78 is 10.5. The SMILES string of the molecule is COc1ccc(C=Nc2ccc(Cl)cc2)c(OC)c1. The van der Waals surface area contributed by atoms with E-state index < -0.39 is 0 Å². The largest absolute Gasteiger partial charge is 0.497 e. The van der Waals surface area contributed by atoms with E-state index in [1.54, 1.807) is 32.6 Å². The number of aliphatic imine (C=N–C) groups is 1. The minimum Gasteiger partial charge on any atom is -0.497 e. The molecule has 0 fully saturated rings. The maximum atomic E-state index is 5.82. The number of rotatable bonds is 4. The second-order valence-corrected chi connectivity index (χ2v) is 4.28. The summed E-state index contributed by atoms with van der Waals surface area (Å²) in [5.74, 6) is 1.47. The van der Waals surface area contributed by atoms with Gasteiger partial charge < -0.3 is 9.47 Å². The van der Waals surface area contributed by atoms with E-state index in [0.717, 1.165) is 22.7 Å². The average molecular weight is 276 g/mol. The zero-order chi connectivity index (χ0) is 13.7. The highest BCUT2D eigenvalue weighted by Crippen LogP contribution is 2.24. The van der Waals surface area contributed by atoms with Crippen molar-refractivity contribution in [3.8, 4) is 11.5 Å². The zero-order valence-electron chi connectivity index (χ0n) is 10.8. The predicted octanol–water partition coefficient (Wildman–Crippen LogP) is 4.11. The summed E-state index contributed by atoms with van der Waals surface area (Å²) in [6.07, 6.45) is 1.75. The predicted molar refractivity (Wildman–Crippen MR) is 78.3 cm³/mol. The summed E-state index contributed by atoms with van der Waals surface area (Å²) >= 11 is 5.82. The van der Waals surface area contributed by atoms with E-state index >= 15 is 0 Å². The highest BCUT2D eigenvalue weighted by molar-refractivity contribution is 6.30. The van der Waals surface area contributed by atoms with Gasteiger partial charge in [0.15, 0.2) is 0 Å². The summed E-state index contributed by atoms with van der Waals surface area (Å²) in [4.78, 5) is 4.38. The van der Waals surface area contributed by atoms with E-state index in [1.807, 2.05) is 30.3 Å². The van der Waals surface area contributed by atoms with Crippen LogP contribution in [0.25, 0.3) is 0 Å². The van der Waals surface area contributed by atoms with E-state index in [4.69, 9.17) is 21.1 Å². The van der Waals surface area contributed by atoms with Crippen LogP contribution in [-0.4, -0.2) is 20.4 Å². The van der Waals surface area contributed by atoms with Gasteiger partial charge in [0.05, 0.1) is 19.9 Å². The molecule has 0 aliphatic carbocycles. The molecule has 0 radical (unpaired) electrons. The summed E-state index contributed by atoms with van der Waals surface area (Å²) in [7, 11) is 3.24. The van der Waals surface area contributed by atoms with E-state index in [1.165, 1.54) is 0 Å². The molecule has 0 unspecified atom stereocenters. The van der Waals surface area contributed by atoms with Crippen molar-refractivity contribution < 1.29 is 9.47 Å². The lowest BCUT2D eigenvalue weighted by Gasteiger charge is -2.06. The lowest BCUT2D eigenvalue weighted by molar-refractivity contribution is 0.394. The van der Waals surface area contributed by atoms with Crippen molar-refractivity contribution >= 4 is 23.5 Å². The summed E-state index contributed by atoms with van der Waals surface area (Å²) in [6, 6.07) is 12.9. The molecule has 0 aliphatic heterocycles. The maximum Gasteiger partial charge on any atom is 0.131 e. The average Bonchev–Trinajstić information content (AvgIpc) is 2.46. The van der Waals surface area contributed by atoms with Crippen LogP contribution in [0.2, 0.25) is 5.02 Å². The van der Waals surface area contributed by atoms with Gasteiger partial charge in [0.1, 0.15) is 11.5 Å². The Bertz CT molecular complexity index is 579. The van der Waals surface area contributed by atoms with Crippen LogP contribution >= 0.6 is 11.6 Å². The molecule has 0 saturated heterocycles. The standard InChI is InChI=1S/C15H14ClNO2/c1-18-14-8-3-11(15(9-14)19-2)10-17-13-6-4-12(16)5-7-13/h3-10H,1-2H3. The molecule has 3 nitrogen and oxygen atoms in total. The summed E-state index contributed by atoms with van der Waals surface area (Å²) in [5, 5.41) is 0.695. The van der Waals surface area contributed by atoms with Crippen molar-refractivity contribution in [2.24, 2.45) is 4.99 Å². The van der Waals surface area contributed by atoms with E-state index in [9.17, 15) is 0 Å². The molecule has 0 bridgehead atoms. The number of benzene rings is 2. The zero-order valence-corrected chi connectivity index (χ0v) is 11.5. The smallest absolute Gasteiger partial charge is 0.131 e. The van der Waals surface area contributed by atoms with Gasteiger partial charge in [0.25, 0.3) is 0 Å². The first kappa shape index (κ1) is 13.4. The lowest BCUT2D eigenvalue weighted by Crippen LogP contribution is -1.92. The molecule has 0 aliphatic rings. The Morgan fingerprint density at radius 2 is 1.74 bits per heavy atom. The van der Waals surface area contributed by atoms with Gasteiger partial charge >= 0.3 is 0 Å². The molecule has 0 aromatic heterocycles. The van der Waals surface area contributed by atoms with Crippen LogP contribution in [0.3, 0.4) is 0 Å². The van der Waals surface area contributed by atoms with Gasteiger partial charge in [-0.1, -0.05) is 11.6 Å². The number of hydrogen-bond donors (Lipinski definition) is 0. The molecule has 2 aromatic rings. The highest BCUT2D eigenvalue weighted by atomic mass is 35.5. The van der Waals surface area contributed by atoms with E-state index in [0.29, 0.717) is 5.02 Å². The summed E-state index contributed by atoms with van der Waals surface area (Å²) in [6.45, 7) is 0. The first-order valence-corrected chi connectivity index (χ1v) is 6.12. The maximum absolute atomic E-state index is 5.82. The molecule has 0 N–H and O–H groups in total. The molecular weight excluding hydrogens is 262 g/mol. The molecule has 2 aromatic carbocycles. The Morgan fingerprint density at radius 1 is 1.00 bits per heavy atom. The van der Waals surface area contributed by atoms with Gasteiger partial charge in [0.2, 0.25) is 0 Å². The van der Waals surface area contributed by atoms with Gasteiger partial charge in [-0.25, -0.2) is 0 Å². The Labute approximate surface area is 117 Å². The second kappa shape index (κ2) is 6.25. The molecule has 0 saturated carbocycles. The summed E-state index contributed by atoms with van der Waals surface area (Å²) in [5.41, 5.74) is 1.72. The van der Waals surface area contributed by atoms with Crippen LogP contribution in [0.5, 0.6) is 11.5 Å². The van der Waals surface area contributed by atoms with Crippen LogP contribution in [0.4, 0.5) is 5.69 Å². The molecule has 0 amide bonds. The third-order valence-electron chi connectivity index (χ3n) is 2.62. The van der Waals surface area contributed by atoms with Crippen LogP contribution in [-0.2, 0) is 0 Å². The van der Waals surface area contributed by atoms with E-state index in [-0.39, 0.29) is 0 Å².